The van der Waals surface area contributed by atoms with Crippen LogP contribution < -0.4 is 9.47 Å². The molecule has 0 N–H and O–H groups in total. The third-order valence-corrected chi connectivity index (χ3v) is 5.51. The summed E-state index contributed by atoms with van der Waals surface area (Å²) in [6, 6.07) is 18.7. The number of hydrogen-bond donors (Lipinski definition) is 0. The first-order valence-electron chi connectivity index (χ1n) is 9.40. The van der Waals surface area contributed by atoms with Gasteiger partial charge in [0.1, 0.15) is 18.1 Å². The Morgan fingerprint density at radius 1 is 0.967 bits per heavy atom. The molecule has 0 bridgehead atoms. The van der Waals surface area contributed by atoms with Gasteiger partial charge in [-0.1, -0.05) is 71.8 Å². The first-order chi connectivity index (χ1) is 14.5. The van der Waals surface area contributed by atoms with Crippen LogP contribution in [-0.4, -0.2) is 5.78 Å². The molecule has 1 aliphatic rings. The van der Waals surface area contributed by atoms with Crippen LogP contribution in [0.4, 0.5) is 0 Å². The first kappa shape index (κ1) is 20.3. The molecule has 4 rings (SSSR count). The molecule has 0 saturated heterocycles. The van der Waals surface area contributed by atoms with Gasteiger partial charge >= 0.3 is 0 Å². The first-order valence-corrected chi connectivity index (χ1v) is 10.2. The maximum Gasteiger partial charge on any atom is 0.231 e. The lowest BCUT2D eigenvalue weighted by molar-refractivity contribution is 0.101. The van der Waals surface area contributed by atoms with Crippen LogP contribution in [0.1, 0.15) is 27.0 Å². The summed E-state index contributed by atoms with van der Waals surface area (Å²) in [5.41, 5.74) is 3.03. The number of halogens is 2. The molecule has 3 aromatic carbocycles. The van der Waals surface area contributed by atoms with Crippen molar-refractivity contribution in [3.8, 4) is 11.5 Å². The van der Waals surface area contributed by atoms with Crippen LogP contribution in [0.5, 0.6) is 11.5 Å². The van der Waals surface area contributed by atoms with Crippen molar-refractivity contribution in [1.82, 2.24) is 0 Å². The number of allylic oxidation sites excluding steroid dienone is 3. The molecule has 0 fully saturated rings. The Hall–Kier alpha value is -3.01. The predicted octanol–water partition coefficient (Wildman–Crippen LogP) is 7.05. The number of carbonyl (C=O) groups is 1. The van der Waals surface area contributed by atoms with Crippen LogP contribution in [0.3, 0.4) is 0 Å². The number of rotatable bonds is 5. The van der Waals surface area contributed by atoms with Crippen LogP contribution in [0.15, 0.2) is 78.6 Å². The van der Waals surface area contributed by atoms with Crippen molar-refractivity contribution in [2.75, 3.05) is 0 Å². The van der Waals surface area contributed by atoms with Crippen molar-refractivity contribution in [3.05, 3.63) is 111 Å². The highest BCUT2D eigenvalue weighted by molar-refractivity contribution is 6.35. The van der Waals surface area contributed by atoms with Gasteiger partial charge in [0.2, 0.25) is 5.78 Å². The zero-order chi connectivity index (χ0) is 21.1. The fraction of sp³-hybridized carbons (Fsp3) is 0.0800. The average molecular weight is 437 g/mol. The summed E-state index contributed by atoms with van der Waals surface area (Å²) in [4.78, 5) is 12.7. The van der Waals surface area contributed by atoms with Gasteiger partial charge in [-0.15, -0.1) is 0 Å². The van der Waals surface area contributed by atoms with Crippen LogP contribution in [0.25, 0.3) is 6.08 Å². The van der Waals surface area contributed by atoms with Gasteiger partial charge in [0.25, 0.3) is 0 Å². The van der Waals surface area contributed by atoms with E-state index in [1.165, 1.54) is 0 Å². The normalized spacial score (nSPS) is 14.2. The van der Waals surface area contributed by atoms with E-state index in [0.29, 0.717) is 32.7 Å². The van der Waals surface area contributed by atoms with E-state index in [4.69, 9.17) is 32.7 Å². The van der Waals surface area contributed by atoms with Crippen molar-refractivity contribution in [3.63, 3.8) is 0 Å². The SMILES string of the molecule is Cc1c(OCc2c(Cl)cccc2Cl)ccc2c1O/C(=C\C=C\c1ccccc1)C2=O. The van der Waals surface area contributed by atoms with Crippen LogP contribution in [-0.2, 0) is 6.61 Å². The summed E-state index contributed by atoms with van der Waals surface area (Å²) in [6.45, 7) is 2.08. The Morgan fingerprint density at radius 3 is 2.43 bits per heavy atom. The minimum absolute atomic E-state index is 0.147. The fourth-order valence-corrected chi connectivity index (χ4v) is 3.68. The third kappa shape index (κ3) is 4.13. The quantitative estimate of drug-likeness (QED) is 0.401. The molecule has 30 heavy (non-hydrogen) atoms. The van der Waals surface area contributed by atoms with Crippen molar-refractivity contribution < 1.29 is 14.3 Å². The molecule has 0 saturated carbocycles. The topological polar surface area (TPSA) is 35.5 Å². The highest BCUT2D eigenvalue weighted by atomic mass is 35.5. The standard InChI is InChI=1S/C25H18Cl2O3/c1-16-22(29-15-19-20(26)10-6-11-21(19)27)14-13-18-24(28)23(30-25(16)18)12-5-9-17-7-3-2-4-8-17/h2-14H,15H2,1H3/b9-5+,23-12-. The molecule has 0 amide bonds. The van der Waals surface area contributed by atoms with Gasteiger partial charge in [0.05, 0.1) is 5.56 Å². The van der Waals surface area contributed by atoms with Crippen LogP contribution >= 0.6 is 23.2 Å². The van der Waals surface area contributed by atoms with E-state index in [-0.39, 0.29) is 18.1 Å². The Balaban J connectivity index is 1.53. The third-order valence-electron chi connectivity index (χ3n) is 4.81. The Morgan fingerprint density at radius 2 is 1.70 bits per heavy atom. The van der Waals surface area contributed by atoms with Gasteiger partial charge in [-0.05, 0) is 42.8 Å². The molecule has 150 valence electrons. The zero-order valence-electron chi connectivity index (χ0n) is 16.2. The van der Waals surface area contributed by atoms with Gasteiger partial charge in [0.15, 0.2) is 5.76 Å². The second-order valence-corrected chi connectivity index (χ2v) is 7.60. The lowest BCUT2D eigenvalue weighted by Crippen LogP contribution is -2.00. The summed E-state index contributed by atoms with van der Waals surface area (Å²) in [5, 5.41) is 1.09. The number of benzene rings is 3. The summed E-state index contributed by atoms with van der Waals surface area (Å²) in [5.74, 6) is 1.26. The average Bonchev–Trinajstić information content (AvgIpc) is 3.06. The maximum absolute atomic E-state index is 12.7. The van der Waals surface area contributed by atoms with Crippen molar-refractivity contribution >= 4 is 35.1 Å². The lowest BCUT2D eigenvalue weighted by atomic mass is 10.1. The van der Waals surface area contributed by atoms with Gasteiger partial charge in [-0.25, -0.2) is 0 Å². The van der Waals surface area contributed by atoms with E-state index in [9.17, 15) is 4.79 Å². The monoisotopic (exact) mass is 436 g/mol. The minimum Gasteiger partial charge on any atom is -0.488 e. The minimum atomic E-state index is -0.147. The van der Waals surface area contributed by atoms with E-state index in [1.54, 1.807) is 42.5 Å². The van der Waals surface area contributed by atoms with Crippen molar-refractivity contribution in [2.24, 2.45) is 0 Å². The van der Waals surface area contributed by atoms with E-state index in [0.717, 1.165) is 11.1 Å². The molecule has 1 aliphatic heterocycles. The highest BCUT2D eigenvalue weighted by Gasteiger charge is 2.29. The summed E-state index contributed by atoms with van der Waals surface area (Å²) in [6.07, 6.45) is 5.40. The predicted molar refractivity (Wildman–Crippen MR) is 120 cm³/mol. The van der Waals surface area contributed by atoms with Crippen molar-refractivity contribution in [1.29, 1.82) is 0 Å². The Labute approximate surface area is 185 Å². The summed E-state index contributed by atoms with van der Waals surface area (Å²) < 4.78 is 11.8. The number of carbonyl (C=O) groups excluding carboxylic acids is 1. The van der Waals surface area contributed by atoms with E-state index >= 15 is 0 Å². The Kier molecular flexibility index (Phi) is 5.93. The smallest absolute Gasteiger partial charge is 0.231 e. The van der Waals surface area contributed by atoms with Gasteiger partial charge in [-0.3, -0.25) is 4.79 Å². The second-order valence-electron chi connectivity index (χ2n) is 6.79. The van der Waals surface area contributed by atoms with Crippen LogP contribution in [0, 0.1) is 6.92 Å². The molecule has 0 aromatic heterocycles. The fourth-order valence-electron chi connectivity index (χ4n) is 3.17. The molecule has 3 aromatic rings. The Bertz CT molecular complexity index is 1140. The lowest BCUT2D eigenvalue weighted by Gasteiger charge is -2.13. The molecule has 5 heteroatoms. The summed E-state index contributed by atoms with van der Waals surface area (Å²) >= 11 is 12.4. The molecule has 0 spiro atoms. The number of hydrogen-bond acceptors (Lipinski definition) is 3. The molecule has 3 nitrogen and oxygen atoms in total. The largest absolute Gasteiger partial charge is 0.488 e. The number of ketones is 1. The molecule has 0 aliphatic carbocycles. The number of ether oxygens (including phenoxy) is 2. The van der Waals surface area contributed by atoms with Gasteiger partial charge in [0, 0.05) is 21.2 Å². The van der Waals surface area contributed by atoms with Crippen molar-refractivity contribution in [2.45, 2.75) is 13.5 Å². The second kappa shape index (κ2) is 8.78. The van der Waals surface area contributed by atoms with Gasteiger partial charge < -0.3 is 9.47 Å². The van der Waals surface area contributed by atoms with E-state index in [1.807, 2.05) is 43.3 Å². The molecule has 0 atom stereocenters. The maximum atomic E-state index is 12.7. The summed E-state index contributed by atoms with van der Waals surface area (Å²) in [7, 11) is 0. The molecular weight excluding hydrogens is 419 g/mol. The van der Waals surface area contributed by atoms with E-state index in [2.05, 4.69) is 0 Å². The van der Waals surface area contributed by atoms with Crippen LogP contribution in [0.2, 0.25) is 10.0 Å². The molecular formula is C25H18Cl2O3. The van der Waals surface area contributed by atoms with Gasteiger partial charge in [-0.2, -0.15) is 0 Å². The molecule has 0 radical (unpaired) electrons. The zero-order valence-corrected chi connectivity index (χ0v) is 17.7. The highest BCUT2D eigenvalue weighted by Crippen LogP contribution is 2.39. The molecule has 0 unspecified atom stereocenters. The van der Waals surface area contributed by atoms with E-state index < -0.39 is 0 Å². The number of fused-ring (bicyclic) bond motifs is 1. The number of Topliss-reactive ketones (excluding diaryl/α,β-unsaturated/α-hetero) is 1. The molecule has 1 heterocycles.